The average Bonchev–Trinajstić information content (AvgIpc) is 2.64. The number of nitrogens with one attached hydrogen (secondary N) is 1. The second kappa shape index (κ2) is 5.88. The van der Waals surface area contributed by atoms with E-state index >= 15 is 0 Å². The summed E-state index contributed by atoms with van der Waals surface area (Å²) in [6, 6.07) is 8.04. The lowest BCUT2D eigenvalue weighted by molar-refractivity contribution is 0.652. The van der Waals surface area contributed by atoms with Gasteiger partial charge in [0.25, 0.3) is 0 Å². The number of aromatic nitrogens is 2. The predicted octanol–water partition coefficient (Wildman–Crippen LogP) is 3.90. The molecule has 0 saturated carbocycles. The van der Waals surface area contributed by atoms with Gasteiger partial charge in [-0.3, -0.25) is 0 Å². The van der Waals surface area contributed by atoms with Crippen molar-refractivity contribution in [3.63, 3.8) is 0 Å². The third-order valence-corrected chi connectivity index (χ3v) is 4.26. The Morgan fingerprint density at radius 2 is 2.15 bits per heavy atom. The highest BCUT2D eigenvalue weighted by molar-refractivity contribution is 6.31. The summed E-state index contributed by atoms with van der Waals surface area (Å²) in [5.74, 6) is 1.21. The van der Waals surface area contributed by atoms with Gasteiger partial charge in [0.05, 0.1) is 5.69 Å². The number of hydrogen-bond donors (Lipinski definition) is 1. The Bertz CT molecular complexity index is 604. The Hall–Kier alpha value is -1.48. The fraction of sp³-hybridized carbons (Fsp3) is 0.438. The van der Waals surface area contributed by atoms with E-state index in [0.29, 0.717) is 0 Å². The molecule has 0 spiro atoms. The van der Waals surface area contributed by atoms with Crippen molar-refractivity contribution in [2.75, 3.05) is 11.9 Å². The SMILES string of the molecule is CCn1nc(Cc2ccccc2Cl)c2c1NCCCC2. The first kappa shape index (κ1) is 13.5. The molecule has 20 heavy (non-hydrogen) atoms. The summed E-state index contributed by atoms with van der Waals surface area (Å²) in [6.45, 7) is 4.08. The molecule has 0 atom stereocenters. The van der Waals surface area contributed by atoms with Crippen molar-refractivity contribution >= 4 is 17.4 Å². The summed E-state index contributed by atoms with van der Waals surface area (Å²) in [5, 5.41) is 9.14. The van der Waals surface area contributed by atoms with Crippen LogP contribution in [0.25, 0.3) is 0 Å². The maximum absolute atomic E-state index is 6.28. The topological polar surface area (TPSA) is 29.9 Å². The minimum atomic E-state index is 0.816. The van der Waals surface area contributed by atoms with Crippen LogP contribution >= 0.6 is 11.6 Å². The van der Waals surface area contributed by atoms with E-state index in [2.05, 4.69) is 23.0 Å². The first-order valence-electron chi connectivity index (χ1n) is 7.35. The smallest absolute Gasteiger partial charge is 0.127 e. The molecule has 0 bridgehead atoms. The summed E-state index contributed by atoms with van der Waals surface area (Å²) < 4.78 is 2.09. The van der Waals surface area contributed by atoms with Crippen LogP contribution in [-0.4, -0.2) is 16.3 Å². The standard InChI is InChI=1S/C16H20ClN3/c1-2-20-16-13(8-5-6-10-18-16)15(19-20)11-12-7-3-4-9-14(12)17/h3-4,7,9,18H,2,5-6,8,10-11H2,1H3. The van der Waals surface area contributed by atoms with Crippen LogP contribution in [0.4, 0.5) is 5.82 Å². The number of aryl methyl sites for hydroxylation is 1. The van der Waals surface area contributed by atoms with Crippen molar-refractivity contribution in [2.45, 2.75) is 39.2 Å². The van der Waals surface area contributed by atoms with Gasteiger partial charge in [-0.05, 0) is 37.8 Å². The summed E-state index contributed by atoms with van der Waals surface area (Å²) in [5.41, 5.74) is 3.70. The molecular weight excluding hydrogens is 270 g/mol. The fourth-order valence-electron chi connectivity index (χ4n) is 2.84. The van der Waals surface area contributed by atoms with Gasteiger partial charge in [0.2, 0.25) is 0 Å². The molecule has 0 unspecified atom stereocenters. The molecule has 0 aliphatic carbocycles. The highest BCUT2D eigenvalue weighted by Gasteiger charge is 2.19. The van der Waals surface area contributed by atoms with Crippen molar-refractivity contribution in [3.05, 3.63) is 46.1 Å². The fourth-order valence-corrected chi connectivity index (χ4v) is 3.04. The van der Waals surface area contributed by atoms with Crippen LogP contribution in [0, 0.1) is 0 Å². The van der Waals surface area contributed by atoms with Crippen LogP contribution in [0.2, 0.25) is 5.02 Å². The van der Waals surface area contributed by atoms with E-state index in [1.54, 1.807) is 0 Å². The number of hydrogen-bond acceptors (Lipinski definition) is 2. The zero-order valence-electron chi connectivity index (χ0n) is 11.8. The Labute approximate surface area is 124 Å². The number of fused-ring (bicyclic) bond motifs is 1. The van der Waals surface area contributed by atoms with Gasteiger partial charge in [0, 0.05) is 30.1 Å². The molecule has 0 fully saturated rings. The molecule has 1 aromatic heterocycles. The summed E-state index contributed by atoms with van der Waals surface area (Å²) in [7, 11) is 0. The normalized spacial score (nSPS) is 14.5. The van der Waals surface area contributed by atoms with Gasteiger partial charge in [-0.1, -0.05) is 29.8 Å². The molecule has 106 valence electrons. The maximum Gasteiger partial charge on any atom is 0.127 e. The Morgan fingerprint density at radius 1 is 1.30 bits per heavy atom. The van der Waals surface area contributed by atoms with Gasteiger partial charge in [-0.15, -0.1) is 0 Å². The lowest BCUT2D eigenvalue weighted by Gasteiger charge is -2.06. The summed E-state index contributed by atoms with van der Waals surface area (Å²) in [4.78, 5) is 0. The highest BCUT2D eigenvalue weighted by atomic mass is 35.5. The molecule has 0 radical (unpaired) electrons. The molecule has 0 saturated heterocycles. The Morgan fingerprint density at radius 3 is 2.95 bits per heavy atom. The van der Waals surface area contributed by atoms with Gasteiger partial charge in [-0.2, -0.15) is 5.10 Å². The number of halogens is 1. The molecule has 1 aliphatic rings. The van der Waals surface area contributed by atoms with E-state index in [-0.39, 0.29) is 0 Å². The third-order valence-electron chi connectivity index (χ3n) is 3.89. The van der Waals surface area contributed by atoms with Crippen LogP contribution in [0.3, 0.4) is 0 Å². The minimum Gasteiger partial charge on any atom is -0.370 e. The molecule has 1 N–H and O–H groups in total. The van der Waals surface area contributed by atoms with Gasteiger partial charge >= 0.3 is 0 Å². The lowest BCUT2D eigenvalue weighted by Crippen LogP contribution is -2.07. The highest BCUT2D eigenvalue weighted by Crippen LogP contribution is 2.28. The zero-order valence-corrected chi connectivity index (χ0v) is 12.6. The van der Waals surface area contributed by atoms with E-state index < -0.39 is 0 Å². The molecule has 3 rings (SSSR count). The summed E-state index contributed by atoms with van der Waals surface area (Å²) >= 11 is 6.28. The maximum atomic E-state index is 6.28. The number of nitrogens with zero attached hydrogens (tertiary/aromatic N) is 2. The third kappa shape index (κ3) is 2.55. The monoisotopic (exact) mass is 289 g/mol. The van der Waals surface area contributed by atoms with Crippen molar-refractivity contribution in [1.29, 1.82) is 0 Å². The van der Waals surface area contributed by atoms with E-state index in [4.69, 9.17) is 16.7 Å². The van der Waals surface area contributed by atoms with Crippen LogP contribution < -0.4 is 5.32 Å². The van der Waals surface area contributed by atoms with Crippen LogP contribution in [0.1, 0.15) is 36.6 Å². The minimum absolute atomic E-state index is 0.816. The molecule has 4 heteroatoms. The van der Waals surface area contributed by atoms with Gasteiger partial charge in [-0.25, -0.2) is 4.68 Å². The predicted molar refractivity (Wildman–Crippen MR) is 83.6 cm³/mol. The number of rotatable bonds is 3. The van der Waals surface area contributed by atoms with E-state index in [1.807, 2.05) is 18.2 Å². The first-order valence-corrected chi connectivity index (χ1v) is 7.73. The van der Waals surface area contributed by atoms with Gasteiger partial charge < -0.3 is 5.32 Å². The number of benzene rings is 1. The molecular formula is C16H20ClN3. The van der Waals surface area contributed by atoms with Crippen molar-refractivity contribution in [3.8, 4) is 0 Å². The van der Waals surface area contributed by atoms with E-state index in [1.165, 1.54) is 29.9 Å². The Kier molecular flexibility index (Phi) is 3.97. The second-order valence-electron chi connectivity index (χ2n) is 5.24. The van der Waals surface area contributed by atoms with Crippen LogP contribution in [0.15, 0.2) is 24.3 Å². The first-order chi connectivity index (χ1) is 9.79. The molecule has 3 nitrogen and oxygen atoms in total. The zero-order chi connectivity index (χ0) is 13.9. The lowest BCUT2D eigenvalue weighted by atomic mass is 10.0. The quantitative estimate of drug-likeness (QED) is 0.929. The van der Waals surface area contributed by atoms with Gasteiger partial charge in [0.15, 0.2) is 0 Å². The van der Waals surface area contributed by atoms with Gasteiger partial charge in [0.1, 0.15) is 5.82 Å². The van der Waals surface area contributed by atoms with Crippen LogP contribution in [-0.2, 0) is 19.4 Å². The summed E-state index contributed by atoms with van der Waals surface area (Å²) in [6.07, 6.45) is 4.38. The van der Waals surface area contributed by atoms with E-state index in [0.717, 1.165) is 36.5 Å². The molecule has 1 aliphatic heterocycles. The second-order valence-corrected chi connectivity index (χ2v) is 5.65. The largest absolute Gasteiger partial charge is 0.370 e. The molecule has 0 amide bonds. The van der Waals surface area contributed by atoms with E-state index in [9.17, 15) is 0 Å². The van der Waals surface area contributed by atoms with Crippen LogP contribution in [0.5, 0.6) is 0 Å². The van der Waals surface area contributed by atoms with Crippen molar-refractivity contribution in [1.82, 2.24) is 9.78 Å². The molecule has 1 aromatic carbocycles. The number of anilines is 1. The van der Waals surface area contributed by atoms with Crippen molar-refractivity contribution in [2.24, 2.45) is 0 Å². The molecule has 2 heterocycles. The molecule has 2 aromatic rings. The Balaban J connectivity index is 1.97. The van der Waals surface area contributed by atoms with Crippen molar-refractivity contribution < 1.29 is 0 Å². The average molecular weight is 290 g/mol.